The summed E-state index contributed by atoms with van der Waals surface area (Å²) in [4.78, 5) is 0. The minimum atomic E-state index is -0.393. The highest BCUT2D eigenvalue weighted by molar-refractivity contribution is 5.28. The molecule has 0 saturated carbocycles. The summed E-state index contributed by atoms with van der Waals surface area (Å²) < 4.78 is 5.66. The van der Waals surface area contributed by atoms with E-state index in [1.165, 1.54) is 5.56 Å². The third kappa shape index (κ3) is 3.56. The Kier molecular flexibility index (Phi) is 4.63. The quantitative estimate of drug-likeness (QED) is 0.806. The predicted octanol–water partition coefficient (Wildman–Crippen LogP) is 2.79. The van der Waals surface area contributed by atoms with E-state index in [0.717, 1.165) is 12.2 Å². The van der Waals surface area contributed by atoms with Gasteiger partial charge in [0.25, 0.3) is 0 Å². The van der Waals surface area contributed by atoms with E-state index in [1.54, 1.807) is 0 Å². The highest BCUT2D eigenvalue weighted by atomic mass is 16.5. The molecule has 2 unspecified atom stereocenters. The van der Waals surface area contributed by atoms with Crippen LogP contribution in [0.25, 0.3) is 0 Å². The molecule has 1 N–H and O–H groups in total. The molecule has 1 aromatic carbocycles. The third-order valence-corrected chi connectivity index (χ3v) is 2.59. The lowest BCUT2D eigenvalue weighted by molar-refractivity contribution is 0.0451. The predicted molar refractivity (Wildman–Crippen MR) is 62.2 cm³/mol. The summed E-state index contributed by atoms with van der Waals surface area (Å²) >= 11 is 0. The number of ether oxygens (including phenoxy) is 1. The van der Waals surface area contributed by atoms with E-state index in [9.17, 15) is 5.11 Å². The molecular formula is C13H20O2. The highest BCUT2D eigenvalue weighted by Gasteiger charge is 2.13. The van der Waals surface area contributed by atoms with E-state index in [0.29, 0.717) is 6.42 Å². The van der Waals surface area contributed by atoms with Gasteiger partial charge >= 0.3 is 0 Å². The fraction of sp³-hybridized carbons (Fsp3) is 0.538. The van der Waals surface area contributed by atoms with Gasteiger partial charge in [-0.2, -0.15) is 0 Å². The molecule has 2 nitrogen and oxygen atoms in total. The first kappa shape index (κ1) is 12.1. The van der Waals surface area contributed by atoms with Crippen LogP contribution in [0.5, 0.6) is 5.75 Å². The maximum atomic E-state index is 9.59. The van der Waals surface area contributed by atoms with Crippen molar-refractivity contribution in [1.29, 1.82) is 0 Å². The molecule has 0 radical (unpaired) electrons. The number of aryl methyl sites for hydroxylation is 1. The summed E-state index contributed by atoms with van der Waals surface area (Å²) in [6.45, 7) is 5.96. The molecule has 0 fully saturated rings. The molecule has 84 valence electrons. The largest absolute Gasteiger partial charge is 0.488 e. The van der Waals surface area contributed by atoms with Crippen LogP contribution in [-0.4, -0.2) is 17.3 Å². The number of hydrogen-bond acceptors (Lipinski definition) is 2. The molecule has 0 spiro atoms. The van der Waals surface area contributed by atoms with E-state index >= 15 is 0 Å². The Morgan fingerprint density at radius 2 is 2.07 bits per heavy atom. The minimum Gasteiger partial charge on any atom is -0.488 e. The standard InChI is InChI=1S/C13H20O2/c1-4-11-7-6-8-12(9-11)15-10(3)13(14)5-2/h6-10,13-14H,4-5H2,1-3H3. The molecule has 0 aliphatic heterocycles. The molecule has 0 saturated heterocycles. The monoisotopic (exact) mass is 208 g/mol. The van der Waals surface area contributed by atoms with Crippen LogP contribution in [0, 0.1) is 0 Å². The molecule has 1 aromatic rings. The molecule has 0 amide bonds. The van der Waals surface area contributed by atoms with Gasteiger partial charge in [0.05, 0.1) is 6.10 Å². The lowest BCUT2D eigenvalue weighted by Crippen LogP contribution is -2.27. The van der Waals surface area contributed by atoms with Gasteiger partial charge in [0, 0.05) is 0 Å². The molecule has 0 bridgehead atoms. The van der Waals surface area contributed by atoms with Crippen LogP contribution < -0.4 is 4.74 Å². The van der Waals surface area contributed by atoms with E-state index in [2.05, 4.69) is 13.0 Å². The van der Waals surface area contributed by atoms with Gasteiger partial charge in [-0.3, -0.25) is 0 Å². The Bertz CT molecular complexity index is 296. The normalized spacial score (nSPS) is 14.7. The zero-order valence-electron chi connectivity index (χ0n) is 9.73. The molecule has 0 aliphatic rings. The summed E-state index contributed by atoms with van der Waals surface area (Å²) in [5.74, 6) is 0.842. The first-order valence-corrected chi connectivity index (χ1v) is 5.61. The third-order valence-electron chi connectivity index (χ3n) is 2.59. The molecule has 0 heterocycles. The summed E-state index contributed by atoms with van der Waals surface area (Å²) in [6, 6.07) is 8.02. The number of aliphatic hydroxyl groups excluding tert-OH is 1. The van der Waals surface area contributed by atoms with Gasteiger partial charge in [-0.25, -0.2) is 0 Å². The van der Waals surface area contributed by atoms with Crippen molar-refractivity contribution in [3.8, 4) is 5.75 Å². The molecule has 0 aromatic heterocycles. The van der Waals surface area contributed by atoms with Crippen LogP contribution >= 0.6 is 0 Å². The summed E-state index contributed by atoms with van der Waals surface area (Å²) in [7, 11) is 0. The van der Waals surface area contributed by atoms with E-state index in [1.807, 2.05) is 32.0 Å². The second-order valence-electron chi connectivity index (χ2n) is 3.80. The van der Waals surface area contributed by atoms with Crippen LogP contribution in [0.3, 0.4) is 0 Å². The SMILES string of the molecule is CCc1cccc(OC(C)C(O)CC)c1. The van der Waals surface area contributed by atoms with Gasteiger partial charge in [0.15, 0.2) is 0 Å². The van der Waals surface area contributed by atoms with Gasteiger partial charge in [-0.15, -0.1) is 0 Å². The van der Waals surface area contributed by atoms with Crippen LogP contribution in [0.4, 0.5) is 0 Å². The Morgan fingerprint density at radius 3 is 2.67 bits per heavy atom. The molecule has 2 heteroatoms. The number of aliphatic hydroxyl groups is 1. The van der Waals surface area contributed by atoms with Crippen molar-refractivity contribution in [1.82, 2.24) is 0 Å². The maximum absolute atomic E-state index is 9.59. The van der Waals surface area contributed by atoms with Crippen LogP contribution in [-0.2, 0) is 6.42 Å². The van der Waals surface area contributed by atoms with Crippen LogP contribution in [0.2, 0.25) is 0 Å². The summed E-state index contributed by atoms with van der Waals surface area (Å²) in [5, 5.41) is 9.59. The Morgan fingerprint density at radius 1 is 1.33 bits per heavy atom. The maximum Gasteiger partial charge on any atom is 0.122 e. The smallest absolute Gasteiger partial charge is 0.122 e. The van der Waals surface area contributed by atoms with Crippen LogP contribution in [0.1, 0.15) is 32.8 Å². The fourth-order valence-electron chi connectivity index (χ4n) is 1.46. The zero-order valence-corrected chi connectivity index (χ0v) is 9.73. The minimum absolute atomic E-state index is 0.151. The lowest BCUT2D eigenvalue weighted by Gasteiger charge is -2.19. The van der Waals surface area contributed by atoms with Crippen molar-refractivity contribution in [3.63, 3.8) is 0 Å². The van der Waals surface area contributed by atoms with Crippen molar-refractivity contribution in [2.24, 2.45) is 0 Å². The van der Waals surface area contributed by atoms with Crippen molar-refractivity contribution in [2.75, 3.05) is 0 Å². The zero-order chi connectivity index (χ0) is 11.3. The lowest BCUT2D eigenvalue weighted by atomic mass is 10.1. The van der Waals surface area contributed by atoms with Gasteiger partial charge in [0.2, 0.25) is 0 Å². The Labute approximate surface area is 91.9 Å². The second kappa shape index (κ2) is 5.76. The Balaban J connectivity index is 2.63. The molecule has 1 rings (SSSR count). The Hall–Kier alpha value is -1.02. The molecule has 0 aliphatic carbocycles. The van der Waals surface area contributed by atoms with Crippen molar-refractivity contribution in [2.45, 2.75) is 45.8 Å². The number of benzene rings is 1. The first-order valence-electron chi connectivity index (χ1n) is 5.61. The molecule has 2 atom stereocenters. The van der Waals surface area contributed by atoms with Crippen molar-refractivity contribution >= 4 is 0 Å². The molecular weight excluding hydrogens is 188 g/mol. The van der Waals surface area contributed by atoms with E-state index in [-0.39, 0.29) is 6.10 Å². The number of hydrogen-bond donors (Lipinski definition) is 1. The summed E-state index contributed by atoms with van der Waals surface area (Å²) in [5.41, 5.74) is 1.26. The average molecular weight is 208 g/mol. The average Bonchev–Trinajstić information content (AvgIpc) is 2.28. The van der Waals surface area contributed by atoms with Gasteiger partial charge in [-0.1, -0.05) is 26.0 Å². The summed E-state index contributed by atoms with van der Waals surface area (Å²) in [6.07, 6.45) is 1.17. The first-order chi connectivity index (χ1) is 7.17. The van der Waals surface area contributed by atoms with E-state index in [4.69, 9.17) is 4.74 Å². The van der Waals surface area contributed by atoms with Gasteiger partial charge in [0.1, 0.15) is 11.9 Å². The fourth-order valence-corrected chi connectivity index (χ4v) is 1.46. The van der Waals surface area contributed by atoms with Crippen molar-refractivity contribution in [3.05, 3.63) is 29.8 Å². The van der Waals surface area contributed by atoms with Crippen molar-refractivity contribution < 1.29 is 9.84 Å². The van der Waals surface area contributed by atoms with Gasteiger partial charge in [-0.05, 0) is 37.5 Å². The topological polar surface area (TPSA) is 29.5 Å². The van der Waals surface area contributed by atoms with Gasteiger partial charge < -0.3 is 9.84 Å². The van der Waals surface area contributed by atoms with Crippen LogP contribution in [0.15, 0.2) is 24.3 Å². The number of rotatable bonds is 5. The van der Waals surface area contributed by atoms with E-state index < -0.39 is 6.10 Å². The highest BCUT2D eigenvalue weighted by Crippen LogP contribution is 2.16. The molecule has 15 heavy (non-hydrogen) atoms. The second-order valence-corrected chi connectivity index (χ2v) is 3.80.